The molecule has 7 nitrogen and oxygen atoms in total. The quantitative estimate of drug-likeness (QED) is 0.564. The monoisotopic (exact) mass is 360 g/mol. The molecule has 2 rings (SSSR count). The number of aliphatic hydroxyl groups is 1. The number of ether oxygens (including phenoxy) is 2. The van der Waals surface area contributed by atoms with E-state index in [9.17, 15) is 14.7 Å². The molecule has 0 fully saturated rings. The largest absolute Gasteiger partial charge is 0.513 e. The molecule has 1 aromatic rings. The van der Waals surface area contributed by atoms with Gasteiger partial charge in [-0.05, 0) is 25.1 Å². The van der Waals surface area contributed by atoms with Crippen molar-refractivity contribution in [1.82, 2.24) is 0 Å². The maximum atomic E-state index is 12.4. The Morgan fingerprint density at radius 2 is 2.00 bits per heavy atom. The van der Waals surface area contributed by atoms with E-state index in [2.05, 4.69) is 5.32 Å². The molecule has 1 heterocycles. The highest BCUT2D eigenvalue weighted by Gasteiger charge is 2.29. The number of nitrogens with two attached hydrogens (primary N) is 1. The molecule has 4 N–H and O–H groups in total. The van der Waals surface area contributed by atoms with E-state index in [1.54, 1.807) is 32.9 Å². The summed E-state index contributed by atoms with van der Waals surface area (Å²) in [7, 11) is 1.25. The van der Waals surface area contributed by atoms with Crippen molar-refractivity contribution in [2.24, 2.45) is 11.1 Å². The molecule has 0 aromatic heterocycles. The average molecular weight is 360 g/mol. The Morgan fingerprint density at radius 1 is 1.35 bits per heavy atom. The average Bonchev–Trinajstić information content (AvgIpc) is 2.55. The summed E-state index contributed by atoms with van der Waals surface area (Å²) in [6, 6.07) is 3.28. The van der Waals surface area contributed by atoms with Crippen LogP contribution in [0.15, 0.2) is 29.7 Å². The molecule has 0 saturated carbocycles. The molecule has 0 radical (unpaired) electrons. The topological polar surface area (TPSA) is 111 Å². The first-order valence-electron chi connectivity index (χ1n) is 8.12. The lowest BCUT2D eigenvalue weighted by atomic mass is 9.93. The van der Waals surface area contributed by atoms with Crippen molar-refractivity contribution in [2.75, 3.05) is 19.0 Å². The number of carbonyl (C=O) groups excluding carboxylic acids is 2. The molecule has 0 bridgehead atoms. The van der Waals surface area contributed by atoms with Crippen molar-refractivity contribution in [2.45, 2.75) is 27.7 Å². The van der Waals surface area contributed by atoms with Crippen LogP contribution in [0, 0.1) is 5.41 Å². The Bertz CT molecular complexity index is 812. The zero-order valence-electron chi connectivity index (χ0n) is 15.6. The van der Waals surface area contributed by atoms with Crippen LogP contribution in [0.2, 0.25) is 0 Å². The maximum Gasteiger partial charge on any atom is 0.343 e. The predicted octanol–water partition coefficient (Wildman–Crippen LogP) is 2.98. The number of allylic oxidation sites excluding steroid dienone is 3. The van der Waals surface area contributed by atoms with E-state index < -0.39 is 11.4 Å². The van der Waals surface area contributed by atoms with Gasteiger partial charge in [0.25, 0.3) is 0 Å². The second-order valence-electron chi connectivity index (χ2n) is 7.07. The van der Waals surface area contributed by atoms with Crippen LogP contribution in [0.1, 0.15) is 43.6 Å². The van der Waals surface area contributed by atoms with Gasteiger partial charge in [0.15, 0.2) is 0 Å². The lowest BCUT2D eigenvalue weighted by Gasteiger charge is -2.25. The number of hydrogen-bond acceptors (Lipinski definition) is 6. The van der Waals surface area contributed by atoms with Crippen LogP contribution in [-0.2, 0) is 9.53 Å². The molecule has 0 atom stereocenters. The Hall–Kier alpha value is -2.96. The molecule has 0 unspecified atom stereocenters. The first kappa shape index (κ1) is 19.4. The number of esters is 1. The molecule has 0 aliphatic carbocycles. The SMILES string of the molecule is COC(=O)c1c(NC(=O)C(C)(C)C)ccc2c1OCC(N)=C2/C=C(\C)O. The van der Waals surface area contributed by atoms with E-state index in [0.717, 1.165) is 0 Å². The van der Waals surface area contributed by atoms with Gasteiger partial charge in [0, 0.05) is 16.6 Å². The minimum absolute atomic E-state index is 0.0484. The molecule has 1 aliphatic heterocycles. The van der Waals surface area contributed by atoms with E-state index in [4.69, 9.17) is 15.2 Å². The second kappa shape index (κ2) is 7.11. The minimum Gasteiger partial charge on any atom is -0.513 e. The molecule has 1 aromatic carbocycles. The fourth-order valence-electron chi connectivity index (χ4n) is 2.44. The Morgan fingerprint density at radius 3 is 2.54 bits per heavy atom. The highest BCUT2D eigenvalue weighted by molar-refractivity contribution is 6.06. The third-order valence-corrected chi connectivity index (χ3v) is 3.84. The number of nitrogens with one attached hydrogen (secondary N) is 1. The van der Waals surface area contributed by atoms with Gasteiger partial charge in [0.2, 0.25) is 5.91 Å². The Balaban J connectivity index is 2.65. The number of anilines is 1. The van der Waals surface area contributed by atoms with E-state index in [1.807, 2.05) is 0 Å². The number of carbonyl (C=O) groups is 2. The number of fused-ring (bicyclic) bond motifs is 1. The molecular formula is C19H24N2O5. The lowest BCUT2D eigenvalue weighted by molar-refractivity contribution is -0.123. The van der Waals surface area contributed by atoms with E-state index in [0.29, 0.717) is 22.5 Å². The fraction of sp³-hybridized carbons (Fsp3) is 0.368. The summed E-state index contributed by atoms with van der Waals surface area (Å²) in [5.41, 5.74) is 7.27. The number of hydrogen-bond donors (Lipinski definition) is 3. The summed E-state index contributed by atoms with van der Waals surface area (Å²) < 4.78 is 10.5. The van der Waals surface area contributed by atoms with Gasteiger partial charge < -0.3 is 25.6 Å². The van der Waals surface area contributed by atoms with Crippen LogP contribution in [0.4, 0.5) is 5.69 Å². The van der Waals surface area contributed by atoms with Gasteiger partial charge in [-0.3, -0.25) is 4.79 Å². The number of benzene rings is 1. The Kier molecular flexibility index (Phi) is 5.30. The zero-order valence-corrected chi connectivity index (χ0v) is 15.6. The first-order chi connectivity index (χ1) is 12.1. The van der Waals surface area contributed by atoms with E-state index in [-0.39, 0.29) is 29.6 Å². The van der Waals surface area contributed by atoms with Crippen molar-refractivity contribution in [1.29, 1.82) is 0 Å². The zero-order chi connectivity index (χ0) is 19.6. The smallest absolute Gasteiger partial charge is 0.343 e. The van der Waals surface area contributed by atoms with Gasteiger partial charge in [-0.1, -0.05) is 20.8 Å². The summed E-state index contributed by atoms with van der Waals surface area (Å²) >= 11 is 0. The molecule has 1 amide bonds. The molecule has 140 valence electrons. The number of rotatable bonds is 3. The standard InChI is InChI=1S/C19H24N2O5/c1-10(22)8-12-11-6-7-14(21-18(24)19(2,3)4)15(17(23)25-5)16(11)26-9-13(12)20/h6-8,22H,9,20H2,1-5H3,(H,21,24)/b10-8+. The van der Waals surface area contributed by atoms with Crippen molar-refractivity contribution in [3.8, 4) is 5.75 Å². The van der Waals surface area contributed by atoms with E-state index in [1.165, 1.54) is 20.1 Å². The Labute approximate surface area is 152 Å². The maximum absolute atomic E-state index is 12.4. The molecule has 1 aliphatic rings. The highest BCUT2D eigenvalue weighted by atomic mass is 16.5. The van der Waals surface area contributed by atoms with Crippen molar-refractivity contribution >= 4 is 23.1 Å². The molecule has 0 saturated heterocycles. The van der Waals surface area contributed by atoms with Gasteiger partial charge in [-0.2, -0.15) is 0 Å². The third kappa shape index (κ3) is 3.82. The van der Waals surface area contributed by atoms with Gasteiger partial charge in [-0.25, -0.2) is 4.79 Å². The van der Waals surface area contributed by atoms with Crippen molar-refractivity contribution in [3.05, 3.63) is 40.8 Å². The molecule has 7 heteroatoms. The normalized spacial score (nSPS) is 14.4. The van der Waals surface area contributed by atoms with Crippen LogP contribution >= 0.6 is 0 Å². The number of aliphatic hydroxyl groups excluding tert-OH is 1. The van der Waals surface area contributed by atoms with E-state index >= 15 is 0 Å². The van der Waals surface area contributed by atoms with Crippen LogP contribution in [0.3, 0.4) is 0 Å². The van der Waals surface area contributed by atoms with Crippen LogP contribution in [-0.4, -0.2) is 30.7 Å². The molecule has 0 spiro atoms. The van der Waals surface area contributed by atoms with Crippen LogP contribution < -0.4 is 15.8 Å². The van der Waals surface area contributed by atoms with Gasteiger partial charge in [-0.15, -0.1) is 0 Å². The second-order valence-corrected chi connectivity index (χ2v) is 7.07. The number of methoxy groups -OCH3 is 1. The minimum atomic E-state index is -0.643. The summed E-state index contributed by atoms with van der Waals surface area (Å²) in [4.78, 5) is 24.7. The third-order valence-electron chi connectivity index (χ3n) is 3.84. The molecular weight excluding hydrogens is 336 g/mol. The lowest BCUT2D eigenvalue weighted by Crippen LogP contribution is -2.29. The van der Waals surface area contributed by atoms with Crippen molar-refractivity contribution < 1.29 is 24.2 Å². The summed E-state index contributed by atoms with van der Waals surface area (Å²) in [6.07, 6.45) is 1.51. The fourth-order valence-corrected chi connectivity index (χ4v) is 2.44. The summed E-state index contributed by atoms with van der Waals surface area (Å²) in [5.74, 6) is -0.568. The van der Waals surface area contributed by atoms with Gasteiger partial charge in [0.05, 0.1) is 24.3 Å². The van der Waals surface area contributed by atoms with Gasteiger partial charge in [0.1, 0.15) is 17.9 Å². The van der Waals surface area contributed by atoms with Crippen molar-refractivity contribution in [3.63, 3.8) is 0 Å². The highest BCUT2D eigenvalue weighted by Crippen LogP contribution is 2.40. The molecule has 26 heavy (non-hydrogen) atoms. The predicted molar refractivity (Wildman–Crippen MR) is 98.9 cm³/mol. The van der Waals surface area contributed by atoms with Gasteiger partial charge >= 0.3 is 5.97 Å². The number of amides is 1. The van der Waals surface area contributed by atoms with Crippen LogP contribution in [0.5, 0.6) is 5.75 Å². The first-order valence-corrected chi connectivity index (χ1v) is 8.12. The summed E-state index contributed by atoms with van der Waals surface area (Å²) in [5, 5.41) is 12.4. The van der Waals surface area contributed by atoms with Crippen LogP contribution in [0.25, 0.3) is 5.57 Å². The summed E-state index contributed by atoms with van der Waals surface area (Å²) in [6.45, 7) is 6.88.